The van der Waals surface area contributed by atoms with E-state index in [-0.39, 0.29) is 5.78 Å². The number of thioether (sulfide) groups is 1. The third-order valence-corrected chi connectivity index (χ3v) is 6.17. The van der Waals surface area contributed by atoms with Gasteiger partial charge in [-0.3, -0.25) is 4.79 Å². The lowest BCUT2D eigenvalue weighted by molar-refractivity contribution is 0.103. The van der Waals surface area contributed by atoms with E-state index in [0.29, 0.717) is 0 Å². The SMILES string of the molecule is CSc1sc2ccccc2c1C(=O)c1c(C)cc(C)cc1C. The van der Waals surface area contributed by atoms with Crippen LogP contribution in [-0.2, 0) is 0 Å². The zero-order chi connectivity index (χ0) is 15.9. The Bertz CT molecular complexity index is 851. The first kappa shape index (κ1) is 15.3. The van der Waals surface area contributed by atoms with Gasteiger partial charge in [0.15, 0.2) is 5.78 Å². The molecular formula is C19H18OS2. The van der Waals surface area contributed by atoms with Gasteiger partial charge >= 0.3 is 0 Å². The third-order valence-electron chi connectivity index (χ3n) is 3.88. The average Bonchev–Trinajstić information content (AvgIpc) is 2.84. The van der Waals surface area contributed by atoms with Crippen LogP contribution in [0.2, 0.25) is 0 Å². The molecule has 22 heavy (non-hydrogen) atoms. The normalized spacial score (nSPS) is 11.1. The Labute approximate surface area is 139 Å². The van der Waals surface area contributed by atoms with Crippen molar-refractivity contribution in [2.45, 2.75) is 25.0 Å². The minimum absolute atomic E-state index is 0.150. The van der Waals surface area contributed by atoms with E-state index >= 15 is 0 Å². The fourth-order valence-corrected chi connectivity index (χ4v) is 4.99. The van der Waals surface area contributed by atoms with Crippen molar-refractivity contribution in [3.63, 3.8) is 0 Å². The number of fused-ring (bicyclic) bond motifs is 1. The average molecular weight is 326 g/mol. The summed E-state index contributed by atoms with van der Waals surface area (Å²) in [6.07, 6.45) is 2.04. The number of rotatable bonds is 3. The standard InChI is InChI=1S/C19H18OS2/c1-11-9-12(2)16(13(3)10-11)18(20)17-14-7-5-6-8-15(14)22-19(17)21-4/h5-10H,1-4H3. The molecule has 0 atom stereocenters. The monoisotopic (exact) mass is 326 g/mol. The van der Waals surface area contributed by atoms with Crippen LogP contribution in [0.1, 0.15) is 32.6 Å². The lowest BCUT2D eigenvalue weighted by Crippen LogP contribution is -2.07. The summed E-state index contributed by atoms with van der Waals surface area (Å²) < 4.78 is 2.28. The molecule has 112 valence electrons. The van der Waals surface area contributed by atoms with Crippen molar-refractivity contribution >= 4 is 39.0 Å². The van der Waals surface area contributed by atoms with Crippen molar-refractivity contribution in [1.29, 1.82) is 0 Å². The number of benzene rings is 2. The summed E-state index contributed by atoms with van der Waals surface area (Å²) in [7, 11) is 0. The van der Waals surface area contributed by atoms with Gasteiger partial charge in [-0.05, 0) is 44.2 Å². The number of aryl methyl sites for hydroxylation is 3. The first-order valence-electron chi connectivity index (χ1n) is 7.21. The van der Waals surface area contributed by atoms with Gasteiger partial charge in [-0.25, -0.2) is 0 Å². The molecule has 1 aromatic heterocycles. The van der Waals surface area contributed by atoms with Gasteiger partial charge in [0.25, 0.3) is 0 Å². The molecule has 0 saturated carbocycles. The van der Waals surface area contributed by atoms with E-state index in [4.69, 9.17) is 0 Å². The van der Waals surface area contributed by atoms with Gasteiger partial charge in [0, 0.05) is 15.6 Å². The minimum atomic E-state index is 0.150. The molecule has 0 unspecified atom stereocenters. The second kappa shape index (κ2) is 5.90. The molecule has 0 aliphatic heterocycles. The summed E-state index contributed by atoms with van der Waals surface area (Å²) in [5.74, 6) is 0.150. The molecule has 0 saturated heterocycles. The van der Waals surface area contributed by atoms with E-state index in [2.05, 4.69) is 31.2 Å². The molecule has 1 heterocycles. The highest BCUT2D eigenvalue weighted by Gasteiger charge is 2.22. The van der Waals surface area contributed by atoms with Crippen LogP contribution in [0.25, 0.3) is 10.1 Å². The molecule has 0 aliphatic carbocycles. The molecule has 2 aromatic carbocycles. The molecule has 0 radical (unpaired) electrons. The van der Waals surface area contributed by atoms with Gasteiger partial charge in [-0.2, -0.15) is 0 Å². The molecule has 0 amide bonds. The van der Waals surface area contributed by atoms with E-state index in [1.54, 1.807) is 23.1 Å². The van der Waals surface area contributed by atoms with Crippen molar-refractivity contribution < 1.29 is 4.79 Å². The molecule has 3 rings (SSSR count). The van der Waals surface area contributed by atoms with Gasteiger partial charge in [-0.1, -0.05) is 35.9 Å². The van der Waals surface area contributed by atoms with Crippen LogP contribution in [-0.4, -0.2) is 12.0 Å². The highest BCUT2D eigenvalue weighted by atomic mass is 32.2. The van der Waals surface area contributed by atoms with Crippen molar-refractivity contribution in [3.8, 4) is 0 Å². The van der Waals surface area contributed by atoms with E-state index in [0.717, 1.165) is 31.8 Å². The van der Waals surface area contributed by atoms with Crippen LogP contribution >= 0.6 is 23.1 Å². The topological polar surface area (TPSA) is 17.1 Å². The van der Waals surface area contributed by atoms with Crippen LogP contribution in [0, 0.1) is 20.8 Å². The predicted octanol–water partition coefficient (Wildman–Crippen LogP) is 5.78. The van der Waals surface area contributed by atoms with Gasteiger partial charge in [0.05, 0.1) is 9.77 Å². The molecule has 0 fully saturated rings. The fraction of sp³-hybridized carbons (Fsp3) is 0.211. The number of hydrogen-bond acceptors (Lipinski definition) is 3. The molecule has 1 nitrogen and oxygen atoms in total. The Hall–Kier alpha value is -1.58. The largest absolute Gasteiger partial charge is 0.288 e. The summed E-state index contributed by atoms with van der Waals surface area (Å²) in [4.78, 5) is 13.2. The summed E-state index contributed by atoms with van der Waals surface area (Å²) in [5, 5.41) is 1.07. The van der Waals surface area contributed by atoms with E-state index < -0.39 is 0 Å². The summed E-state index contributed by atoms with van der Waals surface area (Å²) in [6.45, 7) is 6.13. The molecule has 0 spiro atoms. The second-order valence-electron chi connectivity index (χ2n) is 5.57. The van der Waals surface area contributed by atoms with E-state index in [1.807, 2.05) is 32.2 Å². The lowest BCUT2D eigenvalue weighted by atomic mass is 9.93. The first-order chi connectivity index (χ1) is 10.5. The van der Waals surface area contributed by atoms with Crippen LogP contribution in [0.5, 0.6) is 0 Å². The van der Waals surface area contributed by atoms with E-state index in [9.17, 15) is 4.79 Å². The number of thiophene rings is 1. The van der Waals surface area contributed by atoms with Gasteiger partial charge in [0.2, 0.25) is 0 Å². The Balaban J connectivity index is 2.26. The lowest BCUT2D eigenvalue weighted by Gasteiger charge is -2.11. The van der Waals surface area contributed by atoms with Crippen LogP contribution in [0.4, 0.5) is 0 Å². The van der Waals surface area contributed by atoms with Crippen LogP contribution in [0.15, 0.2) is 40.6 Å². The highest BCUT2D eigenvalue weighted by Crippen LogP contribution is 2.39. The highest BCUT2D eigenvalue weighted by molar-refractivity contribution is 8.00. The van der Waals surface area contributed by atoms with E-state index in [1.165, 1.54) is 10.3 Å². The van der Waals surface area contributed by atoms with Crippen molar-refractivity contribution in [1.82, 2.24) is 0 Å². The molecule has 0 bridgehead atoms. The molecule has 0 N–H and O–H groups in total. The molecular weight excluding hydrogens is 308 g/mol. The van der Waals surface area contributed by atoms with Crippen molar-refractivity contribution in [3.05, 3.63) is 64.2 Å². The molecule has 3 heteroatoms. The maximum atomic E-state index is 13.2. The smallest absolute Gasteiger partial charge is 0.196 e. The minimum Gasteiger partial charge on any atom is -0.288 e. The van der Waals surface area contributed by atoms with Crippen molar-refractivity contribution in [2.24, 2.45) is 0 Å². The number of ketones is 1. The quantitative estimate of drug-likeness (QED) is 0.448. The third kappa shape index (κ3) is 2.49. The zero-order valence-corrected chi connectivity index (χ0v) is 14.8. The number of carbonyl (C=O) groups excluding carboxylic acids is 1. The Morgan fingerprint density at radius 3 is 2.27 bits per heavy atom. The summed E-state index contributed by atoms with van der Waals surface area (Å²) >= 11 is 3.36. The maximum Gasteiger partial charge on any atom is 0.196 e. The Morgan fingerprint density at radius 1 is 1.00 bits per heavy atom. The van der Waals surface area contributed by atoms with Crippen LogP contribution < -0.4 is 0 Å². The Morgan fingerprint density at radius 2 is 1.64 bits per heavy atom. The van der Waals surface area contributed by atoms with Gasteiger partial charge in [0.1, 0.15) is 0 Å². The first-order valence-corrected chi connectivity index (χ1v) is 9.25. The number of carbonyl (C=O) groups is 1. The number of hydrogen-bond donors (Lipinski definition) is 0. The maximum absolute atomic E-state index is 13.2. The Kier molecular flexibility index (Phi) is 4.11. The summed E-state index contributed by atoms with van der Waals surface area (Å²) in [6, 6.07) is 12.4. The second-order valence-corrected chi connectivity index (χ2v) is 7.69. The van der Waals surface area contributed by atoms with Crippen LogP contribution in [0.3, 0.4) is 0 Å². The molecule has 3 aromatic rings. The molecule has 0 aliphatic rings. The summed E-state index contributed by atoms with van der Waals surface area (Å²) in [5.41, 5.74) is 5.04. The van der Waals surface area contributed by atoms with Gasteiger partial charge in [-0.15, -0.1) is 23.1 Å². The van der Waals surface area contributed by atoms with Gasteiger partial charge < -0.3 is 0 Å². The fourth-order valence-electron chi connectivity index (χ4n) is 3.04. The van der Waals surface area contributed by atoms with Crippen molar-refractivity contribution in [2.75, 3.05) is 6.26 Å². The zero-order valence-electron chi connectivity index (χ0n) is 13.2. The predicted molar refractivity (Wildman–Crippen MR) is 97.7 cm³/mol.